The van der Waals surface area contributed by atoms with Crippen molar-refractivity contribution in [2.45, 2.75) is 123 Å². The van der Waals surface area contributed by atoms with Crippen LogP contribution < -0.4 is 0 Å². The van der Waals surface area contributed by atoms with E-state index in [-0.39, 0.29) is 35.5 Å². The number of carbonyl (C=O) groups is 4. The first-order valence-corrected chi connectivity index (χ1v) is 16.9. The summed E-state index contributed by atoms with van der Waals surface area (Å²) in [6, 6.07) is -0.402. The van der Waals surface area contributed by atoms with Crippen LogP contribution in [-0.4, -0.2) is 103 Å². The summed E-state index contributed by atoms with van der Waals surface area (Å²) in [4.78, 5) is 61.4. The maximum absolute atomic E-state index is 14.2. The lowest BCUT2D eigenvalue weighted by Gasteiger charge is -2.41. The summed E-state index contributed by atoms with van der Waals surface area (Å²) in [5, 5.41) is 3.57. The molecule has 0 aromatic rings. The predicted octanol–water partition coefficient (Wildman–Crippen LogP) is 4.76. The molecule has 0 N–H and O–H groups in total. The number of ketones is 2. The molecular weight excluding hydrogens is 594 g/mol. The van der Waals surface area contributed by atoms with Crippen LogP contribution in [0.3, 0.4) is 0 Å². The maximum Gasteiger partial charge on any atom is 0.410 e. The summed E-state index contributed by atoms with van der Waals surface area (Å²) < 4.78 is 24.7. The first kappa shape index (κ1) is 36.1. The van der Waals surface area contributed by atoms with Gasteiger partial charge in [-0.2, -0.15) is 0 Å². The van der Waals surface area contributed by atoms with Gasteiger partial charge >= 0.3 is 12.1 Å². The highest BCUT2D eigenvalue weighted by atomic mass is 16.7. The number of azide groups is 1. The van der Waals surface area contributed by atoms with E-state index in [1.54, 1.807) is 18.7 Å². The van der Waals surface area contributed by atoms with Crippen LogP contribution in [0, 0.1) is 35.5 Å². The Morgan fingerprint density at radius 1 is 0.978 bits per heavy atom. The van der Waals surface area contributed by atoms with Crippen molar-refractivity contribution in [3.8, 4) is 0 Å². The van der Waals surface area contributed by atoms with E-state index in [1.165, 1.54) is 0 Å². The zero-order chi connectivity index (χ0) is 34.1. The second-order valence-corrected chi connectivity index (χ2v) is 14.5. The molecule has 46 heavy (non-hydrogen) atoms. The second kappa shape index (κ2) is 14.6. The number of hydrogen-bond acceptors (Lipinski definition) is 10. The quantitative estimate of drug-likeness (QED) is 0.0903. The van der Waals surface area contributed by atoms with Gasteiger partial charge in [-0.3, -0.25) is 14.4 Å². The molecule has 13 nitrogen and oxygen atoms in total. The van der Waals surface area contributed by atoms with Crippen molar-refractivity contribution in [1.82, 2.24) is 9.80 Å². The number of nitrogens with zero attached hydrogens (tertiary/aromatic N) is 5. The summed E-state index contributed by atoms with van der Waals surface area (Å²) in [6.45, 7) is 13.5. The molecule has 1 amide bonds. The first-order valence-electron chi connectivity index (χ1n) is 16.9. The van der Waals surface area contributed by atoms with Gasteiger partial charge in [0.1, 0.15) is 11.7 Å². The molecule has 258 valence electrons. The van der Waals surface area contributed by atoms with Crippen LogP contribution in [0.2, 0.25) is 0 Å². The molecule has 0 bridgehead atoms. The van der Waals surface area contributed by atoms with Gasteiger partial charge in [0.2, 0.25) is 0 Å². The summed E-state index contributed by atoms with van der Waals surface area (Å²) in [7, 11) is 4.06. The number of rotatable bonds is 8. The number of ether oxygens (including phenoxy) is 4. The van der Waals surface area contributed by atoms with Crippen LogP contribution in [0.1, 0.15) is 80.6 Å². The van der Waals surface area contributed by atoms with Crippen LogP contribution >= 0.6 is 0 Å². The molecule has 3 heterocycles. The molecular formula is C33H53N5O8. The van der Waals surface area contributed by atoms with Gasteiger partial charge in [-0.1, -0.05) is 39.7 Å². The number of hydrogen-bond donors (Lipinski definition) is 0. The fraction of sp³-hybridized carbons (Fsp3) is 0.879. The predicted molar refractivity (Wildman–Crippen MR) is 168 cm³/mol. The number of unbranched alkanes of at least 4 members (excludes halogenated alkanes) is 1. The van der Waals surface area contributed by atoms with Crippen LogP contribution in [0.5, 0.6) is 0 Å². The Balaban J connectivity index is 1.64. The number of esters is 1. The summed E-state index contributed by atoms with van der Waals surface area (Å²) in [6.07, 6.45) is 0.559. The number of amides is 1. The highest BCUT2D eigenvalue weighted by Gasteiger charge is 2.78. The topological polar surface area (TPSA) is 160 Å². The van der Waals surface area contributed by atoms with E-state index in [9.17, 15) is 19.2 Å². The minimum Gasteiger partial charge on any atom is -0.457 e. The van der Waals surface area contributed by atoms with Gasteiger partial charge in [-0.05, 0) is 65.1 Å². The van der Waals surface area contributed by atoms with Gasteiger partial charge in [0, 0.05) is 54.1 Å². The SMILES string of the molecule is CC1CC(N(C)C)CC(O[C@H]2C(C)C[C@@H](C)C(=O)[C@H](C)[C@H]3N(CCCCN=[N+]=[N-])C(=O)O[C@@]34C(C)C4OC(=O)C(C)C(=O)C2C)O1. The van der Waals surface area contributed by atoms with Crippen molar-refractivity contribution in [3.05, 3.63) is 10.4 Å². The van der Waals surface area contributed by atoms with Crippen LogP contribution in [0.4, 0.5) is 4.79 Å². The Bertz CT molecular complexity index is 1210. The Hall–Kier alpha value is -2.73. The maximum atomic E-state index is 14.2. The van der Waals surface area contributed by atoms with Crippen LogP contribution in [0.15, 0.2) is 5.11 Å². The van der Waals surface area contributed by atoms with Gasteiger partial charge in [-0.15, -0.1) is 0 Å². The van der Waals surface area contributed by atoms with Crippen molar-refractivity contribution in [1.29, 1.82) is 0 Å². The van der Waals surface area contributed by atoms with Crippen molar-refractivity contribution in [2.75, 3.05) is 27.2 Å². The van der Waals surface area contributed by atoms with Crippen molar-refractivity contribution >= 4 is 23.6 Å². The summed E-state index contributed by atoms with van der Waals surface area (Å²) in [5.74, 6) is -4.35. The van der Waals surface area contributed by atoms with Gasteiger partial charge in [0.25, 0.3) is 0 Å². The Morgan fingerprint density at radius 2 is 1.67 bits per heavy atom. The van der Waals surface area contributed by atoms with E-state index in [1.807, 2.05) is 48.7 Å². The van der Waals surface area contributed by atoms with Crippen LogP contribution in [0.25, 0.3) is 10.4 Å². The largest absolute Gasteiger partial charge is 0.457 e. The molecule has 1 spiro atoms. The van der Waals surface area contributed by atoms with Gasteiger partial charge in [0.15, 0.2) is 23.8 Å². The lowest BCUT2D eigenvalue weighted by molar-refractivity contribution is -0.236. The highest BCUT2D eigenvalue weighted by molar-refractivity contribution is 6.00. The van der Waals surface area contributed by atoms with E-state index in [4.69, 9.17) is 24.5 Å². The van der Waals surface area contributed by atoms with Gasteiger partial charge in [0.05, 0.1) is 18.2 Å². The molecule has 4 aliphatic rings. The first-order chi connectivity index (χ1) is 21.6. The van der Waals surface area contributed by atoms with Crippen molar-refractivity contribution < 1.29 is 38.1 Å². The third kappa shape index (κ3) is 7.07. The molecule has 3 saturated heterocycles. The summed E-state index contributed by atoms with van der Waals surface area (Å²) >= 11 is 0. The highest BCUT2D eigenvalue weighted by Crippen LogP contribution is 2.58. The fourth-order valence-corrected chi connectivity index (χ4v) is 8.14. The minimum atomic E-state index is -1.18. The smallest absolute Gasteiger partial charge is 0.410 e. The Kier molecular flexibility index (Phi) is 11.4. The number of carbonyl (C=O) groups excluding carboxylic acids is 4. The van der Waals surface area contributed by atoms with Gasteiger partial charge < -0.3 is 28.7 Å². The standard InChI is InChI=1S/C33H53N5O8/c1-17-14-18(2)28(44-25-16-24(37(8)9)15-19(3)43-25)20(4)27(40)22(6)31(41)45-30-23(7)33(30)29(21(5)26(17)39)38(32(42)46-33)13-11-10-12-35-36-34/h17-25,28-30H,10-16H2,1-9H3/t17-,18?,19?,20?,21+,22?,23?,24?,25?,28+,29-,30?,33+/m1/s1. The fourth-order valence-electron chi connectivity index (χ4n) is 8.14. The monoisotopic (exact) mass is 647 g/mol. The Morgan fingerprint density at radius 3 is 2.33 bits per heavy atom. The molecule has 4 fully saturated rings. The average Bonchev–Trinajstić information content (AvgIpc) is 3.40. The van der Waals surface area contributed by atoms with E-state index >= 15 is 0 Å². The molecule has 0 aromatic carbocycles. The van der Waals surface area contributed by atoms with E-state index in [2.05, 4.69) is 14.9 Å². The normalized spacial score (nSPS) is 42.0. The van der Waals surface area contributed by atoms with E-state index in [0.29, 0.717) is 38.8 Å². The minimum absolute atomic E-state index is 0.0274. The molecule has 13 heteroatoms. The Labute approximate surface area is 272 Å². The van der Waals surface area contributed by atoms with Crippen molar-refractivity contribution in [3.63, 3.8) is 0 Å². The molecule has 4 rings (SSSR count). The van der Waals surface area contributed by atoms with Gasteiger partial charge in [-0.25, -0.2) is 4.79 Å². The van der Waals surface area contributed by atoms with E-state index < -0.39 is 65.9 Å². The molecule has 13 atom stereocenters. The molecule has 8 unspecified atom stereocenters. The molecule has 0 aromatic heterocycles. The molecule has 0 radical (unpaired) electrons. The second-order valence-electron chi connectivity index (χ2n) is 14.5. The zero-order valence-electron chi connectivity index (χ0n) is 28.9. The third-order valence-corrected chi connectivity index (χ3v) is 10.9. The molecule has 1 saturated carbocycles. The molecule has 3 aliphatic heterocycles. The molecule has 1 aliphatic carbocycles. The number of Topliss-reactive ketones (excluding diaryl/α,β-unsaturated/α-hetero) is 2. The third-order valence-electron chi connectivity index (χ3n) is 10.9. The van der Waals surface area contributed by atoms with Crippen molar-refractivity contribution in [2.24, 2.45) is 40.6 Å². The zero-order valence-corrected chi connectivity index (χ0v) is 28.9. The summed E-state index contributed by atoms with van der Waals surface area (Å²) in [5.41, 5.74) is 7.43. The average molecular weight is 648 g/mol. The van der Waals surface area contributed by atoms with Crippen LogP contribution in [-0.2, 0) is 33.3 Å². The van der Waals surface area contributed by atoms with E-state index in [0.717, 1.165) is 6.42 Å². The lowest BCUT2D eigenvalue weighted by Crippen LogP contribution is -2.50. The lowest BCUT2D eigenvalue weighted by atomic mass is 9.78.